The summed E-state index contributed by atoms with van der Waals surface area (Å²) in [6.45, 7) is 3.96. The van der Waals surface area contributed by atoms with Gasteiger partial charge in [0.15, 0.2) is 5.13 Å². The van der Waals surface area contributed by atoms with Gasteiger partial charge < -0.3 is 4.90 Å². The van der Waals surface area contributed by atoms with Crippen LogP contribution < -0.4 is 5.32 Å². The van der Waals surface area contributed by atoms with E-state index in [2.05, 4.69) is 15.2 Å². The Kier molecular flexibility index (Phi) is 6.14. The molecule has 8 heteroatoms. The fraction of sp³-hybridized carbons (Fsp3) is 0.417. The number of hydrogen-bond donors (Lipinski definition) is 1. The number of pyridine rings is 1. The highest BCUT2D eigenvalue weighted by Gasteiger charge is 2.30. The van der Waals surface area contributed by atoms with Gasteiger partial charge in [0.2, 0.25) is 5.91 Å². The molecule has 7 nitrogen and oxygen atoms in total. The molecule has 32 heavy (non-hydrogen) atoms. The minimum Gasteiger partial charge on any atom is -0.341 e. The summed E-state index contributed by atoms with van der Waals surface area (Å²) < 4.78 is 0. The smallest absolute Gasteiger partial charge is 0.258 e. The largest absolute Gasteiger partial charge is 0.341 e. The Morgan fingerprint density at radius 2 is 1.97 bits per heavy atom. The van der Waals surface area contributed by atoms with Crippen LogP contribution in [0.2, 0.25) is 0 Å². The molecule has 3 aromatic rings. The molecule has 0 spiro atoms. The summed E-state index contributed by atoms with van der Waals surface area (Å²) >= 11 is 1.39. The van der Waals surface area contributed by atoms with Gasteiger partial charge in [-0.2, -0.15) is 0 Å². The molecular weight excluding hydrogens is 422 g/mol. The van der Waals surface area contributed by atoms with Gasteiger partial charge in [-0.15, -0.1) is 11.3 Å². The quantitative estimate of drug-likeness (QED) is 0.642. The van der Waals surface area contributed by atoms with E-state index in [9.17, 15) is 9.59 Å². The molecule has 1 atom stereocenters. The number of carbonyl (C=O) groups is 2. The molecule has 0 saturated carbocycles. The number of benzene rings is 1. The molecular formula is C24H27N5O2S. The molecule has 0 bridgehead atoms. The van der Waals surface area contributed by atoms with Gasteiger partial charge in [0.1, 0.15) is 0 Å². The van der Waals surface area contributed by atoms with Crippen LogP contribution in [0.3, 0.4) is 0 Å². The Morgan fingerprint density at radius 3 is 2.78 bits per heavy atom. The van der Waals surface area contributed by atoms with Gasteiger partial charge >= 0.3 is 0 Å². The number of aromatic nitrogens is 2. The summed E-state index contributed by atoms with van der Waals surface area (Å²) in [6.07, 6.45) is 6.17. The first-order valence-corrected chi connectivity index (χ1v) is 12.2. The lowest BCUT2D eigenvalue weighted by Gasteiger charge is -2.28. The number of hydrogen-bond acceptors (Lipinski definition) is 6. The number of fused-ring (bicyclic) bond motifs is 1. The molecule has 4 heterocycles. The predicted octanol–water partition coefficient (Wildman–Crippen LogP) is 3.75. The normalized spacial score (nSPS) is 19.4. The SMILES string of the molecule is O=C(Nc1nccs1)c1cc([C@@H]2CCN(C(=O)CN3CCCCC3)C2)nc2ccccc12. The summed E-state index contributed by atoms with van der Waals surface area (Å²) in [4.78, 5) is 39.2. The molecule has 2 aliphatic heterocycles. The topological polar surface area (TPSA) is 78.4 Å². The van der Waals surface area contributed by atoms with E-state index in [1.807, 2.05) is 40.6 Å². The Balaban J connectivity index is 1.35. The van der Waals surface area contributed by atoms with Gasteiger partial charge in [-0.05, 0) is 44.5 Å². The van der Waals surface area contributed by atoms with Crippen molar-refractivity contribution < 1.29 is 9.59 Å². The van der Waals surface area contributed by atoms with Crippen LogP contribution >= 0.6 is 11.3 Å². The van der Waals surface area contributed by atoms with Crippen LogP contribution in [0.25, 0.3) is 10.9 Å². The average molecular weight is 450 g/mol. The third kappa shape index (κ3) is 4.52. The van der Waals surface area contributed by atoms with E-state index in [0.717, 1.165) is 42.7 Å². The number of anilines is 1. The van der Waals surface area contributed by atoms with E-state index in [1.165, 1.54) is 30.6 Å². The Hall–Kier alpha value is -2.84. The number of piperidine rings is 1. The summed E-state index contributed by atoms with van der Waals surface area (Å²) in [7, 11) is 0. The first-order valence-electron chi connectivity index (χ1n) is 11.3. The van der Waals surface area contributed by atoms with Crippen molar-refractivity contribution in [1.29, 1.82) is 0 Å². The molecule has 166 valence electrons. The van der Waals surface area contributed by atoms with E-state index in [1.54, 1.807) is 6.20 Å². The Morgan fingerprint density at radius 1 is 1.12 bits per heavy atom. The van der Waals surface area contributed by atoms with Crippen molar-refractivity contribution in [3.63, 3.8) is 0 Å². The lowest BCUT2D eigenvalue weighted by molar-refractivity contribution is -0.131. The molecule has 1 aromatic carbocycles. The van der Waals surface area contributed by atoms with Crippen LogP contribution in [0, 0.1) is 0 Å². The number of likely N-dealkylation sites (tertiary alicyclic amines) is 2. The van der Waals surface area contributed by atoms with Crippen molar-refractivity contribution in [2.45, 2.75) is 31.6 Å². The lowest BCUT2D eigenvalue weighted by atomic mass is 9.99. The van der Waals surface area contributed by atoms with Crippen molar-refractivity contribution >= 4 is 39.2 Å². The van der Waals surface area contributed by atoms with Crippen LogP contribution in [0.5, 0.6) is 0 Å². The maximum absolute atomic E-state index is 13.0. The Labute approximate surface area is 191 Å². The summed E-state index contributed by atoms with van der Waals surface area (Å²) in [5, 5.41) is 6.12. The van der Waals surface area contributed by atoms with Crippen LogP contribution in [0.15, 0.2) is 41.9 Å². The third-order valence-corrected chi connectivity index (χ3v) is 7.09. The van der Waals surface area contributed by atoms with Crippen LogP contribution in [-0.4, -0.2) is 64.3 Å². The zero-order valence-corrected chi connectivity index (χ0v) is 18.8. The standard InChI is InChI=1S/C24H27N5O2S/c30-22(16-28-10-4-1-5-11-28)29-12-8-17(15-29)21-14-19(18-6-2-3-7-20(18)26-21)23(31)27-24-25-9-13-32-24/h2-3,6-7,9,13-14,17H,1,4-5,8,10-12,15-16H2,(H,25,27,31)/t17-/m1/s1. The second kappa shape index (κ2) is 9.34. The van der Waals surface area contributed by atoms with Gasteiger partial charge in [-0.25, -0.2) is 4.98 Å². The van der Waals surface area contributed by atoms with E-state index < -0.39 is 0 Å². The van der Waals surface area contributed by atoms with Gasteiger partial charge in [0.25, 0.3) is 5.91 Å². The average Bonchev–Trinajstić information content (AvgIpc) is 3.51. The highest BCUT2D eigenvalue weighted by atomic mass is 32.1. The summed E-state index contributed by atoms with van der Waals surface area (Å²) in [6, 6.07) is 9.61. The van der Waals surface area contributed by atoms with Gasteiger partial charge in [-0.3, -0.25) is 24.8 Å². The number of thiazole rings is 1. The van der Waals surface area contributed by atoms with E-state index in [4.69, 9.17) is 4.98 Å². The molecule has 2 aromatic heterocycles. The van der Waals surface area contributed by atoms with Crippen LogP contribution in [0.4, 0.5) is 5.13 Å². The molecule has 1 N–H and O–H groups in total. The molecule has 2 saturated heterocycles. The van der Waals surface area contributed by atoms with Crippen LogP contribution in [0.1, 0.15) is 47.7 Å². The van der Waals surface area contributed by atoms with Crippen molar-refractivity contribution in [1.82, 2.24) is 19.8 Å². The van der Waals surface area contributed by atoms with E-state index in [0.29, 0.717) is 23.8 Å². The highest BCUT2D eigenvalue weighted by Crippen LogP contribution is 2.30. The summed E-state index contributed by atoms with van der Waals surface area (Å²) in [5.41, 5.74) is 2.27. The van der Waals surface area contributed by atoms with Gasteiger partial charge in [-0.1, -0.05) is 24.6 Å². The fourth-order valence-electron chi connectivity index (χ4n) is 4.68. The second-order valence-electron chi connectivity index (χ2n) is 8.57. The maximum Gasteiger partial charge on any atom is 0.258 e. The Bertz CT molecular complexity index is 1110. The van der Waals surface area contributed by atoms with E-state index in [-0.39, 0.29) is 17.7 Å². The number of carbonyl (C=O) groups excluding carboxylic acids is 2. The molecule has 2 aliphatic rings. The molecule has 0 aliphatic carbocycles. The van der Waals surface area contributed by atoms with Crippen molar-refractivity contribution in [2.24, 2.45) is 0 Å². The number of nitrogens with zero attached hydrogens (tertiary/aromatic N) is 4. The highest BCUT2D eigenvalue weighted by molar-refractivity contribution is 7.13. The predicted molar refractivity (Wildman–Crippen MR) is 126 cm³/mol. The van der Waals surface area contributed by atoms with Gasteiger partial charge in [0, 0.05) is 41.7 Å². The van der Waals surface area contributed by atoms with Crippen molar-refractivity contribution in [2.75, 3.05) is 38.0 Å². The van der Waals surface area contributed by atoms with Gasteiger partial charge in [0.05, 0.1) is 17.6 Å². The molecule has 2 amide bonds. The summed E-state index contributed by atoms with van der Waals surface area (Å²) in [5.74, 6) is 0.157. The molecule has 0 unspecified atom stereocenters. The number of rotatable bonds is 5. The van der Waals surface area contributed by atoms with Crippen molar-refractivity contribution in [3.05, 3.63) is 53.2 Å². The number of amides is 2. The zero-order valence-electron chi connectivity index (χ0n) is 18.0. The van der Waals surface area contributed by atoms with Crippen LogP contribution in [-0.2, 0) is 4.79 Å². The molecule has 2 fully saturated rings. The fourth-order valence-corrected chi connectivity index (χ4v) is 5.20. The minimum absolute atomic E-state index is 0.135. The monoisotopic (exact) mass is 449 g/mol. The van der Waals surface area contributed by atoms with E-state index >= 15 is 0 Å². The number of para-hydroxylation sites is 1. The second-order valence-corrected chi connectivity index (χ2v) is 9.46. The third-order valence-electron chi connectivity index (χ3n) is 6.40. The number of nitrogens with one attached hydrogen (secondary N) is 1. The molecule has 0 radical (unpaired) electrons. The molecule has 5 rings (SSSR count). The first-order chi connectivity index (χ1) is 15.7. The zero-order chi connectivity index (χ0) is 21.9. The van der Waals surface area contributed by atoms with Crippen molar-refractivity contribution in [3.8, 4) is 0 Å². The first kappa shape index (κ1) is 21.0. The maximum atomic E-state index is 13.0. The minimum atomic E-state index is -0.184. The lowest BCUT2D eigenvalue weighted by Crippen LogP contribution is -2.41.